The zero-order valence-electron chi connectivity index (χ0n) is 11.5. The van der Waals surface area contributed by atoms with E-state index in [1.807, 2.05) is 19.9 Å². The summed E-state index contributed by atoms with van der Waals surface area (Å²) < 4.78 is 12.7. The Morgan fingerprint density at radius 3 is 2.37 bits per heavy atom. The lowest BCUT2D eigenvalue weighted by atomic mass is 10.0. The van der Waals surface area contributed by atoms with Crippen LogP contribution < -0.4 is 15.9 Å². The van der Waals surface area contributed by atoms with Gasteiger partial charge in [-0.25, -0.2) is 5.48 Å². The fourth-order valence-corrected chi connectivity index (χ4v) is 3.56. The van der Waals surface area contributed by atoms with Gasteiger partial charge in [0, 0.05) is 12.0 Å². The topological polar surface area (TPSA) is 78.4 Å². The number of benzene rings is 1. The summed E-state index contributed by atoms with van der Waals surface area (Å²) >= 11 is 0. The summed E-state index contributed by atoms with van der Waals surface area (Å²) in [5, 5.41) is 12.3. The molecule has 1 aromatic rings. The molecule has 6 heteroatoms. The third kappa shape index (κ3) is 4.78. The number of hydrogen-bond acceptors (Lipinski definition) is 3. The number of nitrogens with one attached hydrogen (secondary N) is 2. The number of carbonyl (C=O) groups is 1. The highest BCUT2D eigenvalue weighted by Crippen LogP contribution is 2.36. The molecule has 2 atom stereocenters. The van der Waals surface area contributed by atoms with Crippen LogP contribution in [0.15, 0.2) is 30.3 Å². The Bertz CT molecular complexity index is 462. The van der Waals surface area contributed by atoms with Crippen LogP contribution in [-0.2, 0) is 9.36 Å². The zero-order chi connectivity index (χ0) is 14.5. The van der Waals surface area contributed by atoms with Crippen LogP contribution in [0, 0.1) is 5.92 Å². The van der Waals surface area contributed by atoms with Crippen molar-refractivity contribution in [3.8, 4) is 0 Å². The average Bonchev–Trinajstić information content (AvgIpc) is 2.37. The zero-order valence-corrected chi connectivity index (χ0v) is 12.4. The first-order valence-corrected chi connectivity index (χ1v) is 8.37. The number of carbonyl (C=O) groups excluding carboxylic acids is 1. The lowest BCUT2D eigenvalue weighted by molar-refractivity contribution is -0.131. The standard InChI is InChI=1S/C13H21N2O3P/c1-10(2)9-12(13(16)14-17)15-19(3,18)11-7-5-4-6-8-11/h4-8,10,12,17H,9H2,1-3H3,(H,14,16)(H,15,18)/t12-,19+/m1/s1. The maximum atomic E-state index is 12.7. The Balaban J connectivity index is 2.89. The molecule has 0 aliphatic heterocycles. The van der Waals surface area contributed by atoms with Crippen LogP contribution in [0.3, 0.4) is 0 Å². The van der Waals surface area contributed by atoms with E-state index in [4.69, 9.17) is 5.21 Å². The first-order chi connectivity index (χ1) is 8.86. The number of hydrogen-bond donors (Lipinski definition) is 3. The van der Waals surface area contributed by atoms with Gasteiger partial charge in [0.1, 0.15) is 0 Å². The maximum absolute atomic E-state index is 12.7. The van der Waals surface area contributed by atoms with Crippen molar-refractivity contribution in [2.24, 2.45) is 5.92 Å². The molecule has 0 saturated heterocycles. The molecule has 0 saturated carbocycles. The second-order valence-corrected chi connectivity index (χ2v) is 7.67. The Hall–Kier alpha value is -1.16. The molecule has 0 unspecified atom stereocenters. The first kappa shape index (κ1) is 15.9. The van der Waals surface area contributed by atoms with Gasteiger partial charge >= 0.3 is 0 Å². The van der Waals surface area contributed by atoms with Crippen LogP contribution in [0.1, 0.15) is 20.3 Å². The van der Waals surface area contributed by atoms with Gasteiger partial charge in [0.15, 0.2) is 7.29 Å². The first-order valence-electron chi connectivity index (χ1n) is 6.21. The van der Waals surface area contributed by atoms with Gasteiger partial charge in [-0.05, 0) is 12.3 Å². The van der Waals surface area contributed by atoms with E-state index in [1.165, 1.54) is 0 Å². The summed E-state index contributed by atoms with van der Waals surface area (Å²) in [6, 6.07) is 8.29. The highest BCUT2D eigenvalue weighted by atomic mass is 31.2. The lowest BCUT2D eigenvalue weighted by Gasteiger charge is -2.23. The monoisotopic (exact) mass is 284 g/mol. The number of amides is 1. The highest BCUT2D eigenvalue weighted by molar-refractivity contribution is 7.69. The SMILES string of the molecule is CC(C)C[C@@H](N[P@@](C)(=O)c1ccccc1)C(=O)NO. The maximum Gasteiger partial charge on any atom is 0.260 e. The van der Waals surface area contributed by atoms with E-state index < -0.39 is 19.2 Å². The van der Waals surface area contributed by atoms with E-state index >= 15 is 0 Å². The minimum absolute atomic E-state index is 0.241. The van der Waals surface area contributed by atoms with Crippen LogP contribution in [0.2, 0.25) is 0 Å². The molecule has 19 heavy (non-hydrogen) atoms. The molecule has 106 valence electrons. The predicted octanol–water partition coefficient (Wildman–Crippen LogP) is 1.73. The Kier molecular flexibility index (Phi) is 5.73. The molecule has 0 heterocycles. The molecule has 3 N–H and O–H groups in total. The minimum Gasteiger partial charge on any atom is -0.302 e. The van der Waals surface area contributed by atoms with Crippen LogP contribution in [-0.4, -0.2) is 23.8 Å². The smallest absolute Gasteiger partial charge is 0.260 e. The molecule has 0 fully saturated rings. The van der Waals surface area contributed by atoms with Gasteiger partial charge in [0.2, 0.25) is 0 Å². The molecule has 5 nitrogen and oxygen atoms in total. The average molecular weight is 284 g/mol. The van der Waals surface area contributed by atoms with Gasteiger partial charge < -0.3 is 4.57 Å². The summed E-state index contributed by atoms with van der Waals surface area (Å²) in [7, 11) is -2.85. The van der Waals surface area contributed by atoms with Crippen molar-refractivity contribution in [3.05, 3.63) is 30.3 Å². The summed E-state index contributed by atoms with van der Waals surface area (Å²) in [4.78, 5) is 11.6. The Labute approximate surface area is 113 Å². The number of hydroxylamine groups is 1. The lowest BCUT2D eigenvalue weighted by Crippen LogP contribution is -2.43. The van der Waals surface area contributed by atoms with E-state index in [2.05, 4.69) is 5.09 Å². The fourth-order valence-electron chi connectivity index (χ4n) is 1.85. The largest absolute Gasteiger partial charge is 0.302 e. The molecule has 1 amide bonds. The van der Waals surface area contributed by atoms with Gasteiger partial charge in [0.05, 0.1) is 6.04 Å². The molecule has 0 radical (unpaired) electrons. The highest BCUT2D eigenvalue weighted by Gasteiger charge is 2.27. The van der Waals surface area contributed by atoms with Gasteiger partial charge in [0.25, 0.3) is 5.91 Å². The molecule has 0 spiro atoms. The minimum atomic E-state index is -2.85. The van der Waals surface area contributed by atoms with E-state index in [-0.39, 0.29) is 5.92 Å². The quantitative estimate of drug-likeness (QED) is 0.422. The molecule has 0 aliphatic rings. The van der Waals surface area contributed by atoms with Crippen molar-refractivity contribution in [1.29, 1.82) is 0 Å². The van der Waals surface area contributed by atoms with Gasteiger partial charge in [-0.3, -0.25) is 15.1 Å². The van der Waals surface area contributed by atoms with Crippen molar-refractivity contribution in [2.45, 2.75) is 26.3 Å². The van der Waals surface area contributed by atoms with Crippen molar-refractivity contribution < 1.29 is 14.6 Å². The van der Waals surface area contributed by atoms with Crippen molar-refractivity contribution in [3.63, 3.8) is 0 Å². The summed E-state index contributed by atoms with van der Waals surface area (Å²) in [5.41, 5.74) is 1.62. The molecular formula is C13H21N2O3P. The molecule has 1 aromatic carbocycles. The summed E-state index contributed by atoms with van der Waals surface area (Å²) in [6.07, 6.45) is 0.497. The van der Waals surface area contributed by atoms with E-state index in [0.29, 0.717) is 11.7 Å². The Morgan fingerprint density at radius 1 is 1.32 bits per heavy atom. The van der Waals surface area contributed by atoms with E-state index in [0.717, 1.165) is 0 Å². The van der Waals surface area contributed by atoms with Crippen molar-refractivity contribution in [1.82, 2.24) is 10.6 Å². The predicted molar refractivity (Wildman–Crippen MR) is 75.9 cm³/mol. The van der Waals surface area contributed by atoms with Crippen LogP contribution in [0.5, 0.6) is 0 Å². The third-order valence-corrected chi connectivity index (χ3v) is 4.87. The second-order valence-electron chi connectivity index (χ2n) is 5.05. The summed E-state index contributed by atoms with van der Waals surface area (Å²) in [5.74, 6) is -0.322. The van der Waals surface area contributed by atoms with Crippen molar-refractivity contribution >= 4 is 18.5 Å². The fraction of sp³-hybridized carbons (Fsp3) is 0.462. The molecule has 1 rings (SSSR count). The van der Waals surface area contributed by atoms with Gasteiger partial charge in [-0.2, -0.15) is 0 Å². The van der Waals surface area contributed by atoms with Crippen molar-refractivity contribution in [2.75, 3.05) is 6.66 Å². The molecule has 0 bridgehead atoms. The Morgan fingerprint density at radius 2 is 1.89 bits per heavy atom. The van der Waals surface area contributed by atoms with Crippen LogP contribution >= 0.6 is 7.29 Å². The summed E-state index contributed by atoms with van der Waals surface area (Å²) in [6.45, 7) is 5.51. The molecular weight excluding hydrogens is 263 g/mol. The number of rotatable bonds is 6. The van der Waals surface area contributed by atoms with E-state index in [9.17, 15) is 9.36 Å². The molecule has 0 aromatic heterocycles. The third-order valence-electron chi connectivity index (χ3n) is 2.78. The van der Waals surface area contributed by atoms with Crippen LogP contribution in [0.25, 0.3) is 0 Å². The normalized spacial score (nSPS) is 15.8. The second kappa shape index (κ2) is 6.85. The van der Waals surface area contributed by atoms with Gasteiger partial charge in [-0.1, -0.05) is 44.2 Å². The van der Waals surface area contributed by atoms with Gasteiger partial charge in [-0.15, -0.1) is 0 Å². The van der Waals surface area contributed by atoms with Crippen LogP contribution in [0.4, 0.5) is 0 Å². The van der Waals surface area contributed by atoms with E-state index in [1.54, 1.807) is 36.4 Å². The molecule has 0 aliphatic carbocycles.